The molecule has 0 unspecified atom stereocenters. The van der Waals surface area contributed by atoms with Crippen molar-refractivity contribution in [2.45, 2.75) is 51.9 Å². The maximum atomic E-state index is 12.5. The number of benzene rings is 1. The number of ketones is 1. The summed E-state index contributed by atoms with van der Waals surface area (Å²) in [7, 11) is 0. The average Bonchev–Trinajstić information content (AvgIpc) is 3.10. The zero-order chi connectivity index (χ0) is 19.3. The standard InChI is InChI=1S/C23H25N3O/c1-13(2)15-6-8-16(9-7-15)22-25-18-11-10-17-14(3)20(27)19(24-5)12-23(17,4)21(18)26-22/h6-9,12-14,17H,10-11H2,1-4H3,(H,25,26)/t14-,17-,23-/m1/s1. The van der Waals surface area contributed by atoms with Crippen LogP contribution < -0.4 is 0 Å². The van der Waals surface area contributed by atoms with Gasteiger partial charge in [0.1, 0.15) is 5.82 Å². The van der Waals surface area contributed by atoms with Crippen LogP contribution in [0.3, 0.4) is 0 Å². The lowest BCUT2D eigenvalue weighted by Crippen LogP contribution is -2.45. The molecule has 1 heterocycles. The Labute approximate surface area is 160 Å². The lowest BCUT2D eigenvalue weighted by atomic mass is 9.59. The van der Waals surface area contributed by atoms with E-state index >= 15 is 0 Å². The number of nitrogens with one attached hydrogen (secondary N) is 1. The van der Waals surface area contributed by atoms with Crippen LogP contribution in [0.5, 0.6) is 0 Å². The summed E-state index contributed by atoms with van der Waals surface area (Å²) in [6.45, 7) is 15.9. The van der Waals surface area contributed by atoms with Crippen molar-refractivity contribution in [2.75, 3.05) is 0 Å². The number of hydrogen-bond donors (Lipinski definition) is 1. The molecule has 1 N–H and O–H groups in total. The number of aryl methyl sites for hydroxylation is 1. The number of carbonyl (C=O) groups excluding carboxylic acids is 1. The third-order valence-electron chi connectivity index (χ3n) is 6.44. The Morgan fingerprint density at radius 3 is 2.63 bits per heavy atom. The molecule has 1 aromatic carbocycles. The lowest BCUT2D eigenvalue weighted by Gasteiger charge is -2.44. The topological polar surface area (TPSA) is 50.1 Å². The number of imidazole rings is 1. The quantitative estimate of drug-likeness (QED) is 0.764. The number of nitrogens with zero attached hydrogens (tertiary/aromatic N) is 2. The van der Waals surface area contributed by atoms with Gasteiger partial charge in [0.25, 0.3) is 0 Å². The molecule has 2 aliphatic carbocycles. The number of allylic oxidation sites excluding steroid dienone is 2. The molecule has 0 amide bonds. The van der Waals surface area contributed by atoms with Gasteiger partial charge in [-0.15, -0.1) is 0 Å². The maximum absolute atomic E-state index is 12.5. The minimum Gasteiger partial charge on any atom is -0.342 e. The minimum absolute atomic E-state index is 0.0176. The molecule has 1 aromatic heterocycles. The van der Waals surface area contributed by atoms with Crippen LogP contribution in [0.4, 0.5) is 0 Å². The zero-order valence-electron chi connectivity index (χ0n) is 16.3. The van der Waals surface area contributed by atoms with E-state index in [9.17, 15) is 4.79 Å². The van der Waals surface area contributed by atoms with Crippen LogP contribution in [0, 0.1) is 18.4 Å². The molecular formula is C23H25N3O. The van der Waals surface area contributed by atoms with Gasteiger partial charge in [-0.05, 0) is 30.2 Å². The fourth-order valence-electron chi connectivity index (χ4n) is 4.78. The number of carbonyl (C=O) groups is 1. The summed E-state index contributed by atoms with van der Waals surface area (Å²) in [4.78, 5) is 24.5. The smallest absolute Gasteiger partial charge is 0.226 e. The first-order valence-electron chi connectivity index (χ1n) is 9.69. The summed E-state index contributed by atoms with van der Waals surface area (Å²) < 4.78 is 0. The Kier molecular flexibility index (Phi) is 4.07. The Bertz CT molecular complexity index is 974. The van der Waals surface area contributed by atoms with Gasteiger partial charge >= 0.3 is 0 Å². The highest BCUT2D eigenvalue weighted by Gasteiger charge is 2.49. The first-order valence-corrected chi connectivity index (χ1v) is 9.69. The van der Waals surface area contributed by atoms with E-state index in [1.807, 2.05) is 13.0 Å². The van der Waals surface area contributed by atoms with Crippen molar-refractivity contribution in [1.82, 2.24) is 9.97 Å². The van der Waals surface area contributed by atoms with Crippen molar-refractivity contribution in [3.8, 4) is 11.4 Å². The largest absolute Gasteiger partial charge is 0.342 e. The monoisotopic (exact) mass is 359 g/mol. The Morgan fingerprint density at radius 2 is 2.00 bits per heavy atom. The summed E-state index contributed by atoms with van der Waals surface area (Å²) in [5.41, 5.74) is 4.42. The predicted octanol–water partition coefficient (Wildman–Crippen LogP) is 5.04. The van der Waals surface area contributed by atoms with Crippen molar-refractivity contribution in [1.29, 1.82) is 0 Å². The second-order valence-electron chi connectivity index (χ2n) is 8.41. The molecule has 4 heteroatoms. The summed E-state index contributed by atoms with van der Waals surface area (Å²) in [6.07, 6.45) is 3.70. The van der Waals surface area contributed by atoms with E-state index in [2.05, 4.69) is 54.9 Å². The molecule has 4 nitrogen and oxygen atoms in total. The third kappa shape index (κ3) is 2.65. The van der Waals surface area contributed by atoms with Crippen LogP contribution in [0.15, 0.2) is 36.0 Å². The van der Waals surface area contributed by atoms with Gasteiger partial charge in [0.2, 0.25) is 5.70 Å². The number of aromatic nitrogens is 2. The molecule has 0 saturated heterocycles. The van der Waals surface area contributed by atoms with E-state index in [1.54, 1.807) is 0 Å². The van der Waals surface area contributed by atoms with Gasteiger partial charge in [0.15, 0.2) is 5.78 Å². The predicted molar refractivity (Wildman–Crippen MR) is 106 cm³/mol. The van der Waals surface area contributed by atoms with E-state index in [4.69, 9.17) is 11.6 Å². The van der Waals surface area contributed by atoms with Gasteiger partial charge in [-0.25, -0.2) is 9.83 Å². The molecule has 2 aliphatic rings. The highest BCUT2D eigenvalue weighted by Crippen LogP contribution is 2.49. The van der Waals surface area contributed by atoms with Gasteiger partial charge in [-0.2, -0.15) is 0 Å². The van der Waals surface area contributed by atoms with E-state index in [1.165, 1.54) is 5.56 Å². The molecule has 0 bridgehead atoms. The molecule has 2 aromatic rings. The van der Waals surface area contributed by atoms with Crippen LogP contribution in [0.25, 0.3) is 16.2 Å². The number of rotatable bonds is 2. The maximum Gasteiger partial charge on any atom is 0.226 e. The van der Waals surface area contributed by atoms with E-state index in [0.29, 0.717) is 5.92 Å². The molecule has 138 valence electrons. The summed E-state index contributed by atoms with van der Waals surface area (Å²) in [5.74, 6) is 1.42. The summed E-state index contributed by atoms with van der Waals surface area (Å²) in [5, 5.41) is 0. The van der Waals surface area contributed by atoms with Crippen LogP contribution in [0.1, 0.15) is 57.0 Å². The molecule has 0 fully saturated rings. The first kappa shape index (κ1) is 17.7. The lowest BCUT2D eigenvalue weighted by molar-refractivity contribution is -0.121. The van der Waals surface area contributed by atoms with E-state index < -0.39 is 0 Å². The number of H-pyrrole nitrogens is 1. The highest BCUT2D eigenvalue weighted by atomic mass is 16.1. The third-order valence-corrected chi connectivity index (χ3v) is 6.44. The van der Waals surface area contributed by atoms with Crippen molar-refractivity contribution >= 4 is 5.78 Å². The summed E-state index contributed by atoms with van der Waals surface area (Å²) in [6, 6.07) is 8.55. The number of hydrogen-bond acceptors (Lipinski definition) is 2. The van der Waals surface area contributed by atoms with Gasteiger partial charge in [-0.3, -0.25) is 0 Å². The van der Waals surface area contributed by atoms with Gasteiger partial charge < -0.3 is 9.78 Å². The molecule has 27 heavy (non-hydrogen) atoms. The van der Waals surface area contributed by atoms with E-state index in [-0.39, 0.29) is 28.7 Å². The fraction of sp³-hybridized carbons (Fsp3) is 0.435. The number of fused-ring (bicyclic) bond motifs is 3. The molecule has 0 radical (unpaired) electrons. The summed E-state index contributed by atoms with van der Waals surface area (Å²) >= 11 is 0. The molecule has 0 saturated carbocycles. The van der Waals surface area contributed by atoms with Crippen molar-refractivity contribution in [3.63, 3.8) is 0 Å². The zero-order valence-corrected chi connectivity index (χ0v) is 16.3. The van der Waals surface area contributed by atoms with E-state index in [0.717, 1.165) is 35.6 Å². The minimum atomic E-state index is -0.368. The SMILES string of the molecule is [C-]#[N+]C1=C[C@@]2(C)c3nc(-c4ccc(C(C)C)cc4)[nH]c3CC[C@@H]2[C@@H](C)C1=O. The molecule has 4 rings (SSSR count). The second-order valence-corrected chi connectivity index (χ2v) is 8.41. The van der Waals surface area contributed by atoms with Gasteiger partial charge in [-0.1, -0.05) is 58.0 Å². The van der Waals surface area contributed by atoms with Crippen LogP contribution in [-0.2, 0) is 16.6 Å². The van der Waals surface area contributed by atoms with Gasteiger partial charge in [0.05, 0.1) is 12.3 Å². The fourth-order valence-corrected chi connectivity index (χ4v) is 4.78. The number of Topliss-reactive ketones (excluding diaryl/α,β-unsaturated/α-hetero) is 1. The first-order chi connectivity index (χ1) is 12.8. The van der Waals surface area contributed by atoms with Crippen LogP contribution >= 0.6 is 0 Å². The van der Waals surface area contributed by atoms with Crippen LogP contribution in [-0.4, -0.2) is 15.8 Å². The van der Waals surface area contributed by atoms with Crippen molar-refractivity contribution in [2.24, 2.45) is 11.8 Å². The Balaban J connectivity index is 1.79. The number of aromatic amines is 1. The molecular weight excluding hydrogens is 334 g/mol. The molecule has 0 spiro atoms. The van der Waals surface area contributed by atoms with Crippen molar-refractivity contribution < 1.29 is 4.79 Å². The van der Waals surface area contributed by atoms with Crippen molar-refractivity contribution in [3.05, 3.63) is 64.4 Å². The normalized spacial score (nSPS) is 27.0. The van der Waals surface area contributed by atoms with Crippen LogP contribution in [0.2, 0.25) is 0 Å². The Hall–Kier alpha value is -2.67. The Morgan fingerprint density at radius 1 is 1.30 bits per heavy atom. The average molecular weight is 359 g/mol. The second kappa shape index (κ2) is 6.20. The highest BCUT2D eigenvalue weighted by molar-refractivity contribution is 6.00. The molecule has 3 atom stereocenters. The van der Waals surface area contributed by atoms with Gasteiger partial charge in [0, 0.05) is 22.6 Å². The molecule has 0 aliphatic heterocycles.